The number of thioether (sulfide) groups is 1. The van der Waals surface area contributed by atoms with Crippen LogP contribution in [0.25, 0.3) is 5.69 Å². The number of tetrazole rings is 1. The molecular formula is C14H18N6O2S. The van der Waals surface area contributed by atoms with Gasteiger partial charge in [-0.05, 0) is 42.3 Å². The van der Waals surface area contributed by atoms with E-state index >= 15 is 0 Å². The van der Waals surface area contributed by atoms with Gasteiger partial charge in [0.15, 0.2) is 0 Å². The van der Waals surface area contributed by atoms with E-state index in [9.17, 15) is 9.59 Å². The molecule has 3 amide bonds. The Morgan fingerprint density at radius 3 is 2.52 bits per heavy atom. The van der Waals surface area contributed by atoms with Crippen molar-refractivity contribution in [2.24, 2.45) is 0 Å². The second-order valence-electron chi connectivity index (χ2n) is 4.94. The standard InChI is InChI=1S/C14H18N6O2S/c1-8-6-5-7-9(2)11(8)20-14(17-18-19-20)23-10(3)12(21)16-13(22)15-4/h5-7,10H,1-4H3,(H2,15,16,21,22)/t10-/m0/s1. The van der Waals surface area contributed by atoms with Crippen molar-refractivity contribution in [2.75, 3.05) is 7.05 Å². The molecule has 0 unspecified atom stereocenters. The number of carbonyl (C=O) groups is 2. The molecule has 0 saturated carbocycles. The number of nitrogens with zero attached hydrogens (tertiary/aromatic N) is 4. The summed E-state index contributed by atoms with van der Waals surface area (Å²) in [7, 11) is 1.45. The van der Waals surface area contributed by atoms with Crippen LogP contribution in [0.3, 0.4) is 0 Å². The van der Waals surface area contributed by atoms with Crippen molar-refractivity contribution in [2.45, 2.75) is 31.2 Å². The Bertz CT molecular complexity index is 710. The zero-order valence-corrected chi connectivity index (χ0v) is 14.1. The van der Waals surface area contributed by atoms with Crippen LogP contribution in [-0.2, 0) is 4.79 Å². The van der Waals surface area contributed by atoms with Gasteiger partial charge in [0.05, 0.1) is 10.9 Å². The molecule has 2 aromatic rings. The van der Waals surface area contributed by atoms with E-state index in [4.69, 9.17) is 0 Å². The van der Waals surface area contributed by atoms with Crippen LogP contribution in [0, 0.1) is 13.8 Å². The van der Waals surface area contributed by atoms with Gasteiger partial charge in [0.25, 0.3) is 0 Å². The van der Waals surface area contributed by atoms with Gasteiger partial charge < -0.3 is 5.32 Å². The van der Waals surface area contributed by atoms with Crippen molar-refractivity contribution in [3.05, 3.63) is 29.3 Å². The SMILES string of the molecule is CNC(=O)NC(=O)[C@H](C)Sc1nnnn1-c1c(C)cccc1C. The quantitative estimate of drug-likeness (QED) is 0.815. The van der Waals surface area contributed by atoms with Crippen molar-refractivity contribution in [3.63, 3.8) is 0 Å². The molecule has 0 fully saturated rings. The lowest BCUT2D eigenvalue weighted by atomic mass is 10.1. The van der Waals surface area contributed by atoms with Crippen molar-refractivity contribution >= 4 is 23.7 Å². The maximum atomic E-state index is 11.9. The Hall–Kier alpha value is -2.42. The summed E-state index contributed by atoms with van der Waals surface area (Å²) in [6.07, 6.45) is 0. The van der Waals surface area contributed by atoms with E-state index in [1.165, 1.54) is 18.8 Å². The fourth-order valence-electron chi connectivity index (χ4n) is 2.02. The van der Waals surface area contributed by atoms with Gasteiger partial charge in [-0.3, -0.25) is 10.1 Å². The average Bonchev–Trinajstić information content (AvgIpc) is 2.94. The summed E-state index contributed by atoms with van der Waals surface area (Å²) in [5.41, 5.74) is 2.95. The number of hydrogen-bond donors (Lipinski definition) is 2. The van der Waals surface area contributed by atoms with Crippen molar-refractivity contribution < 1.29 is 9.59 Å². The maximum absolute atomic E-state index is 11.9. The summed E-state index contributed by atoms with van der Waals surface area (Å²) in [5, 5.41) is 16.2. The molecule has 23 heavy (non-hydrogen) atoms. The summed E-state index contributed by atoms with van der Waals surface area (Å²) in [5.74, 6) is -0.412. The van der Waals surface area contributed by atoms with Gasteiger partial charge in [-0.2, -0.15) is 4.68 Å². The largest absolute Gasteiger partial charge is 0.341 e. The van der Waals surface area contributed by atoms with Crippen LogP contribution in [0.15, 0.2) is 23.4 Å². The van der Waals surface area contributed by atoms with E-state index in [0.29, 0.717) is 5.16 Å². The molecule has 2 rings (SSSR count). The Labute approximate surface area is 138 Å². The minimum Gasteiger partial charge on any atom is -0.341 e. The van der Waals surface area contributed by atoms with Crippen LogP contribution >= 0.6 is 11.8 Å². The monoisotopic (exact) mass is 334 g/mol. The Kier molecular flexibility index (Phi) is 5.32. The summed E-state index contributed by atoms with van der Waals surface area (Å²) in [6, 6.07) is 5.36. The second kappa shape index (κ2) is 7.23. The lowest BCUT2D eigenvalue weighted by molar-refractivity contribution is -0.119. The van der Waals surface area contributed by atoms with Crippen LogP contribution in [0.1, 0.15) is 18.1 Å². The Balaban J connectivity index is 2.22. The van der Waals surface area contributed by atoms with Gasteiger partial charge in [-0.1, -0.05) is 30.0 Å². The number of rotatable bonds is 4. The molecular weight excluding hydrogens is 316 g/mol. The Morgan fingerprint density at radius 1 is 1.26 bits per heavy atom. The first-order valence-electron chi connectivity index (χ1n) is 6.98. The minimum absolute atomic E-state index is 0.412. The number of aromatic nitrogens is 4. The summed E-state index contributed by atoms with van der Waals surface area (Å²) >= 11 is 1.18. The van der Waals surface area contributed by atoms with Crippen LogP contribution in [0.5, 0.6) is 0 Å². The highest BCUT2D eigenvalue weighted by Crippen LogP contribution is 2.26. The smallest absolute Gasteiger partial charge is 0.321 e. The highest BCUT2D eigenvalue weighted by atomic mass is 32.2. The van der Waals surface area contributed by atoms with Gasteiger partial charge in [0.2, 0.25) is 11.1 Å². The molecule has 1 aromatic carbocycles. The fourth-order valence-corrected chi connectivity index (χ4v) is 2.81. The number of nitrogens with one attached hydrogen (secondary N) is 2. The predicted octanol–water partition coefficient (Wildman–Crippen LogP) is 1.22. The number of carbonyl (C=O) groups excluding carboxylic acids is 2. The molecule has 0 aliphatic heterocycles. The van der Waals surface area contributed by atoms with E-state index in [0.717, 1.165) is 16.8 Å². The summed E-state index contributed by atoms with van der Waals surface area (Å²) in [6.45, 7) is 5.63. The molecule has 1 heterocycles. The van der Waals surface area contributed by atoms with Gasteiger partial charge in [0.1, 0.15) is 0 Å². The van der Waals surface area contributed by atoms with Crippen LogP contribution in [0.4, 0.5) is 4.79 Å². The van der Waals surface area contributed by atoms with Gasteiger partial charge in [0, 0.05) is 7.05 Å². The predicted molar refractivity (Wildman–Crippen MR) is 86.5 cm³/mol. The van der Waals surface area contributed by atoms with Gasteiger partial charge >= 0.3 is 6.03 Å². The molecule has 1 aromatic heterocycles. The molecule has 2 N–H and O–H groups in total. The molecule has 0 spiro atoms. The first-order chi connectivity index (χ1) is 10.9. The van der Waals surface area contributed by atoms with Crippen LogP contribution < -0.4 is 10.6 Å². The van der Waals surface area contributed by atoms with E-state index < -0.39 is 17.2 Å². The number of aryl methyl sites for hydroxylation is 2. The number of hydrogen-bond acceptors (Lipinski definition) is 6. The highest BCUT2D eigenvalue weighted by Gasteiger charge is 2.21. The third-order valence-corrected chi connectivity index (χ3v) is 4.24. The van der Waals surface area contributed by atoms with E-state index in [1.807, 2.05) is 32.0 Å². The second-order valence-corrected chi connectivity index (χ2v) is 6.25. The van der Waals surface area contributed by atoms with Gasteiger partial charge in [-0.15, -0.1) is 5.10 Å². The summed E-state index contributed by atoms with van der Waals surface area (Å²) < 4.78 is 1.61. The molecule has 0 aliphatic carbocycles. The number of urea groups is 1. The topological polar surface area (TPSA) is 102 Å². The zero-order valence-electron chi connectivity index (χ0n) is 13.3. The first kappa shape index (κ1) is 16.9. The highest BCUT2D eigenvalue weighted by molar-refractivity contribution is 8.00. The number of imide groups is 1. The number of amides is 3. The lowest BCUT2D eigenvalue weighted by Crippen LogP contribution is -2.41. The lowest BCUT2D eigenvalue weighted by Gasteiger charge is -2.13. The van der Waals surface area contributed by atoms with E-state index in [-0.39, 0.29) is 0 Å². The first-order valence-corrected chi connectivity index (χ1v) is 7.86. The third kappa shape index (κ3) is 3.86. The fraction of sp³-hybridized carbons (Fsp3) is 0.357. The van der Waals surface area contributed by atoms with E-state index in [2.05, 4.69) is 26.2 Å². The number of para-hydroxylation sites is 1. The molecule has 9 heteroatoms. The molecule has 0 radical (unpaired) electrons. The minimum atomic E-state index is -0.545. The molecule has 8 nitrogen and oxygen atoms in total. The normalized spacial score (nSPS) is 11.8. The molecule has 0 bridgehead atoms. The van der Waals surface area contributed by atoms with Crippen molar-refractivity contribution in [3.8, 4) is 5.69 Å². The molecule has 0 aliphatic rings. The molecule has 122 valence electrons. The molecule has 0 saturated heterocycles. The maximum Gasteiger partial charge on any atom is 0.321 e. The third-order valence-electron chi connectivity index (χ3n) is 3.21. The van der Waals surface area contributed by atoms with Crippen LogP contribution in [0.2, 0.25) is 0 Å². The van der Waals surface area contributed by atoms with Crippen LogP contribution in [-0.4, -0.2) is 44.4 Å². The molecule has 1 atom stereocenters. The zero-order chi connectivity index (χ0) is 17.0. The van der Waals surface area contributed by atoms with Gasteiger partial charge in [-0.25, -0.2) is 4.79 Å². The Morgan fingerprint density at radius 2 is 1.91 bits per heavy atom. The number of benzene rings is 1. The average molecular weight is 334 g/mol. The van der Waals surface area contributed by atoms with Crippen molar-refractivity contribution in [1.29, 1.82) is 0 Å². The van der Waals surface area contributed by atoms with Crippen molar-refractivity contribution in [1.82, 2.24) is 30.8 Å². The van der Waals surface area contributed by atoms with E-state index in [1.54, 1.807) is 11.6 Å². The summed E-state index contributed by atoms with van der Waals surface area (Å²) in [4.78, 5) is 23.2.